The molecule has 0 saturated carbocycles. The fourth-order valence-corrected chi connectivity index (χ4v) is 3.08. The number of likely N-dealkylation sites (tertiary alicyclic amines) is 1. The number of para-hydroxylation sites is 1. The molecule has 0 atom stereocenters. The lowest BCUT2D eigenvalue weighted by molar-refractivity contribution is 0.0695. The topological polar surface area (TPSA) is 78.9 Å². The fourth-order valence-electron chi connectivity index (χ4n) is 3.08. The van der Waals surface area contributed by atoms with Gasteiger partial charge >= 0.3 is 0 Å². The number of amides is 2. The number of piperidine rings is 1. The van der Waals surface area contributed by atoms with E-state index in [1.165, 1.54) is 6.07 Å². The number of phenols is 1. The Bertz CT molecular complexity index is 798. The van der Waals surface area contributed by atoms with Crippen LogP contribution in [0.5, 0.6) is 11.5 Å². The first-order chi connectivity index (χ1) is 12.6. The van der Waals surface area contributed by atoms with E-state index in [1.807, 2.05) is 0 Å². The Kier molecular flexibility index (Phi) is 5.41. The summed E-state index contributed by atoms with van der Waals surface area (Å²) in [7, 11) is 1.56. The largest absolute Gasteiger partial charge is 0.507 e. The van der Waals surface area contributed by atoms with Gasteiger partial charge in [0.1, 0.15) is 11.5 Å². The van der Waals surface area contributed by atoms with Crippen LogP contribution in [-0.2, 0) is 0 Å². The van der Waals surface area contributed by atoms with Crippen LogP contribution >= 0.6 is 0 Å². The van der Waals surface area contributed by atoms with Crippen LogP contribution in [-0.4, -0.2) is 48.1 Å². The highest BCUT2D eigenvalue weighted by Gasteiger charge is 2.26. The summed E-state index contributed by atoms with van der Waals surface area (Å²) in [5, 5.41) is 12.9. The van der Waals surface area contributed by atoms with Crippen LogP contribution < -0.4 is 10.1 Å². The first-order valence-electron chi connectivity index (χ1n) is 8.60. The maximum Gasteiger partial charge on any atom is 0.257 e. The molecule has 0 bridgehead atoms. The quantitative estimate of drug-likeness (QED) is 0.884. The van der Waals surface area contributed by atoms with E-state index in [4.69, 9.17) is 4.74 Å². The average molecular weight is 354 g/mol. The molecular formula is C20H22N2O4. The molecule has 2 aromatic carbocycles. The van der Waals surface area contributed by atoms with Gasteiger partial charge in [0.2, 0.25) is 0 Å². The number of carbonyl (C=O) groups excluding carboxylic acids is 2. The number of phenolic OH excluding ortho intramolecular Hbond substituents is 1. The molecule has 6 heteroatoms. The molecule has 0 spiro atoms. The molecule has 136 valence electrons. The van der Waals surface area contributed by atoms with Gasteiger partial charge in [0.25, 0.3) is 11.8 Å². The third-order valence-electron chi connectivity index (χ3n) is 4.58. The Morgan fingerprint density at radius 3 is 2.54 bits per heavy atom. The van der Waals surface area contributed by atoms with E-state index in [0.717, 1.165) is 0 Å². The van der Waals surface area contributed by atoms with Crippen molar-refractivity contribution in [2.75, 3.05) is 20.2 Å². The van der Waals surface area contributed by atoms with Crippen molar-refractivity contribution in [3.63, 3.8) is 0 Å². The first-order valence-corrected chi connectivity index (χ1v) is 8.60. The normalized spacial score (nSPS) is 14.7. The molecule has 1 aliphatic rings. The Hall–Kier alpha value is -3.02. The van der Waals surface area contributed by atoms with E-state index in [-0.39, 0.29) is 23.6 Å². The van der Waals surface area contributed by atoms with Crippen molar-refractivity contribution < 1.29 is 19.4 Å². The number of hydrogen-bond donors (Lipinski definition) is 2. The minimum atomic E-state index is -0.180. The van der Waals surface area contributed by atoms with E-state index >= 15 is 0 Å². The van der Waals surface area contributed by atoms with Gasteiger partial charge in [-0.05, 0) is 43.2 Å². The van der Waals surface area contributed by atoms with E-state index in [0.29, 0.717) is 42.8 Å². The number of nitrogens with zero attached hydrogens (tertiary/aromatic N) is 1. The summed E-state index contributed by atoms with van der Waals surface area (Å²) in [6.45, 7) is 1.08. The number of ether oxygens (including phenoxy) is 1. The van der Waals surface area contributed by atoms with Crippen molar-refractivity contribution in [3.05, 3.63) is 59.7 Å². The van der Waals surface area contributed by atoms with Gasteiger partial charge in [-0.1, -0.05) is 18.2 Å². The zero-order valence-corrected chi connectivity index (χ0v) is 14.6. The number of aromatic hydroxyl groups is 1. The second kappa shape index (κ2) is 7.91. The lowest BCUT2D eigenvalue weighted by atomic mass is 10.0. The molecule has 6 nitrogen and oxygen atoms in total. The van der Waals surface area contributed by atoms with Crippen LogP contribution in [0, 0.1) is 0 Å². The Morgan fingerprint density at radius 1 is 1.12 bits per heavy atom. The van der Waals surface area contributed by atoms with E-state index in [1.54, 1.807) is 54.5 Å². The molecule has 2 N–H and O–H groups in total. The second-order valence-electron chi connectivity index (χ2n) is 6.29. The highest BCUT2D eigenvalue weighted by Crippen LogP contribution is 2.21. The highest BCUT2D eigenvalue weighted by atomic mass is 16.5. The lowest BCUT2D eigenvalue weighted by Crippen LogP contribution is -2.46. The summed E-state index contributed by atoms with van der Waals surface area (Å²) < 4.78 is 5.14. The van der Waals surface area contributed by atoms with Gasteiger partial charge < -0.3 is 20.1 Å². The Balaban J connectivity index is 1.56. The molecule has 1 saturated heterocycles. The van der Waals surface area contributed by atoms with Gasteiger partial charge in [-0.2, -0.15) is 0 Å². The van der Waals surface area contributed by atoms with Crippen molar-refractivity contribution in [2.45, 2.75) is 18.9 Å². The summed E-state index contributed by atoms with van der Waals surface area (Å²) in [4.78, 5) is 26.6. The predicted molar refractivity (Wildman–Crippen MR) is 97.5 cm³/mol. The van der Waals surface area contributed by atoms with E-state index < -0.39 is 0 Å². The standard InChI is InChI=1S/C20H22N2O4/c1-26-16-6-4-5-14(13-16)19(24)21-15-9-11-22(12-10-15)20(25)17-7-2-3-8-18(17)23/h2-8,13,15,23H,9-12H2,1H3,(H,21,24). The smallest absolute Gasteiger partial charge is 0.257 e. The zero-order chi connectivity index (χ0) is 18.5. The molecule has 3 rings (SSSR count). The van der Waals surface area contributed by atoms with Gasteiger partial charge in [-0.25, -0.2) is 0 Å². The van der Waals surface area contributed by atoms with Crippen molar-refractivity contribution in [2.24, 2.45) is 0 Å². The number of methoxy groups -OCH3 is 1. The maximum absolute atomic E-state index is 12.5. The first kappa shape index (κ1) is 17.8. The number of carbonyl (C=O) groups is 2. The Morgan fingerprint density at radius 2 is 1.85 bits per heavy atom. The molecule has 2 amide bonds. The predicted octanol–water partition coefficient (Wildman–Crippen LogP) is 2.44. The van der Waals surface area contributed by atoms with Crippen LogP contribution in [0.25, 0.3) is 0 Å². The molecule has 2 aromatic rings. The number of nitrogens with one attached hydrogen (secondary N) is 1. The van der Waals surface area contributed by atoms with Crippen LogP contribution in [0.1, 0.15) is 33.6 Å². The van der Waals surface area contributed by atoms with Crippen molar-refractivity contribution >= 4 is 11.8 Å². The van der Waals surface area contributed by atoms with Crippen molar-refractivity contribution in [3.8, 4) is 11.5 Å². The van der Waals surface area contributed by atoms with Crippen molar-refractivity contribution in [1.82, 2.24) is 10.2 Å². The maximum atomic E-state index is 12.5. The number of hydrogen-bond acceptors (Lipinski definition) is 4. The summed E-state index contributed by atoms with van der Waals surface area (Å²) in [5.74, 6) is 0.307. The van der Waals surface area contributed by atoms with Crippen molar-refractivity contribution in [1.29, 1.82) is 0 Å². The fraction of sp³-hybridized carbons (Fsp3) is 0.300. The van der Waals surface area contributed by atoms with Crippen LogP contribution in [0.3, 0.4) is 0 Å². The summed E-state index contributed by atoms with van der Waals surface area (Å²) >= 11 is 0. The van der Waals surface area contributed by atoms with Crippen LogP contribution in [0.2, 0.25) is 0 Å². The minimum absolute atomic E-state index is 0.00838. The minimum Gasteiger partial charge on any atom is -0.507 e. The molecule has 0 unspecified atom stereocenters. The molecular weight excluding hydrogens is 332 g/mol. The second-order valence-corrected chi connectivity index (χ2v) is 6.29. The highest BCUT2D eigenvalue weighted by molar-refractivity contribution is 5.97. The van der Waals surface area contributed by atoms with E-state index in [2.05, 4.69) is 5.32 Å². The monoisotopic (exact) mass is 354 g/mol. The Labute approximate surface area is 152 Å². The van der Waals surface area contributed by atoms with Gasteiger partial charge in [-0.15, -0.1) is 0 Å². The molecule has 1 fully saturated rings. The lowest BCUT2D eigenvalue weighted by Gasteiger charge is -2.32. The summed E-state index contributed by atoms with van der Waals surface area (Å²) in [6.07, 6.45) is 1.35. The zero-order valence-electron chi connectivity index (χ0n) is 14.6. The number of benzene rings is 2. The SMILES string of the molecule is COc1cccc(C(=O)NC2CCN(C(=O)c3ccccc3O)CC2)c1. The van der Waals surface area contributed by atoms with Gasteiger partial charge in [0, 0.05) is 24.7 Å². The average Bonchev–Trinajstić information content (AvgIpc) is 2.68. The molecule has 1 heterocycles. The summed E-state index contributed by atoms with van der Waals surface area (Å²) in [5.41, 5.74) is 0.864. The van der Waals surface area contributed by atoms with Gasteiger partial charge in [0.05, 0.1) is 12.7 Å². The van der Waals surface area contributed by atoms with Crippen LogP contribution in [0.4, 0.5) is 0 Å². The molecule has 1 aliphatic heterocycles. The van der Waals surface area contributed by atoms with E-state index in [9.17, 15) is 14.7 Å². The number of rotatable bonds is 4. The van der Waals surface area contributed by atoms with Gasteiger partial charge in [-0.3, -0.25) is 9.59 Å². The molecule has 26 heavy (non-hydrogen) atoms. The third-order valence-corrected chi connectivity index (χ3v) is 4.58. The third kappa shape index (κ3) is 3.96. The summed E-state index contributed by atoms with van der Waals surface area (Å²) in [6, 6.07) is 13.6. The molecule has 0 aliphatic carbocycles. The molecule has 0 radical (unpaired) electrons. The van der Waals surface area contributed by atoms with Gasteiger partial charge in [0.15, 0.2) is 0 Å². The van der Waals surface area contributed by atoms with Crippen LogP contribution in [0.15, 0.2) is 48.5 Å². The molecule has 0 aromatic heterocycles.